The number of hydrogen-bond donors (Lipinski definition) is 5. The maximum Gasteiger partial charge on any atom is 0.338 e. The largest absolute Gasteiger partial charge is 0.497 e. The number of fused-ring (bicyclic) bond motifs is 2. The summed E-state index contributed by atoms with van der Waals surface area (Å²) >= 11 is 0. The van der Waals surface area contributed by atoms with E-state index in [0.29, 0.717) is 34.8 Å². The van der Waals surface area contributed by atoms with Gasteiger partial charge >= 0.3 is 23.9 Å². The number of methoxy groups -OCH3 is 1. The minimum absolute atomic E-state index is 0.0574. The number of carboxylic acids is 4. The number of hydrogen-bond acceptors (Lipinski definition) is 8. The standard InChI is InChI=1S/C46H47N5O10/c1-7-28-22(2)32-18-38-29(13-10-26-8-11-27(61-6)12-9-26)24(4)36-17-33-23(3)30(14-15-40(53)54)43(49-33)31(16-39(52)48-35(45(57)58)20-41(55)56)44-42(46(59)60)25(5)37(19-34(28)47-32)51(44)21-50(36)38/h8-13,17-19,23,30,35H,7,14-16,20-21H2,1-6H3,(H,48,52)(H,53,54)(H,55,56)(H,57,58)(H,59,60)/b13-10+,32-18?,33-17?,34-19?,36-17?,37-19?,38-18?,43-31?,44-31?/t23-,30-,35-/m0/s1. The molecule has 0 aliphatic carbocycles. The average molecular weight is 830 g/mol. The second kappa shape index (κ2) is 16.6. The van der Waals surface area contributed by atoms with Gasteiger partial charge in [-0.05, 0) is 91.8 Å². The van der Waals surface area contributed by atoms with Crippen LogP contribution in [0, 0.1) is 25.7 Å². The summed E-state index contributed by atoms with van der Waals surface area (Å²) in [5.41, 5.74) is 8.04. The van der Waals surface area contributed by atoms with Gasteiger partial charge in [0.1, 0.15) is 18.5 Å². The predicted molar refractivity (Wildman–Crippen MR) is 230 cm³/mol. The van der Waals surface area contributed by atoms with Crippen LogP contribution in [0.1, 0.15) is 96.9 Å². The summed E-state index contributed by atoms with van der Waals surface area (Å²) in [4.78, 5) is 73.6. The Kier molecular flexibility index (Phi) is 11.4. The second-order valence-electron chi connectivity index (χ2n) is 15.7. The molecule has 4 aliphatic rings. The molecule has 15 nitrogen and oxygen atoms in total. The molecular weight excluding hydrogens is 783 g/mol. The number of rotatable bonds is 14. The van der Waals surface area contributed by atoms with Gasteiger partial charge in [0, 0.05) is 46.1 Å². The Morgan fingerprint density at radius 3 is 2.25 bits per heavy atom. The number of aliphatic carboxylic acids is 3. The number of aromatic nitrogens is 2. The summed E-state index contributed by atoms with van der Waals surface area (Å²) in [6.07, 6.45) is 8.91. The quantitative estimate of drug-likeness (QED) is 0.144. The maximum absolute atomic E-state index is 14.0. The van der Waals surface area contributed by atoms with Gasteiger partial charge in [-0.25, -0.2) is 14.6 Å². The van der Waals surface area contributed by atoms with Crippen LogP contribution in [0.15, 0.2) is 56.8 Å². The van der Waals surface area contributed by atoms with E-state index < -0.39 is 60.5 Å². The van der Waals surface area contributed by atoms with E-state index in [-0.39, 0.29) is 36.3 Å². The van der Waals surface area contributed by atoms with Gasteiger partial charge in [-0.3, -0.25) is 19.4 Å². The Labute approximate surface area is 350 Å². The summed E-state index contributed by atoms with van der Waals surface area (Å²) in [6.45, 7) is 9.72. The van der Waals surface area contributed by atoms with Crippen molar-refractivity contribution in [1.29, 1.82) is 0 Å². The van der Waals surface area contributed by atoms with E-state index in [4.69, 9.17) is 14.7 Å². The first-order chi connectivity index (χ1) is 29.0. The molecule has 0 saturated heterocycles. The summed E-state index contributed by atoms with van der Waals surface area (Å²) in [5, 5.41) is 44.1. The van der Waals surface area contributed by atoms with Gasteiger partial charge in [0.15, 0.2) is 0 Å². The van der Waals surface area contributed by atoms with E-state index in [1.807, 2.05) is 86.9 Å². The molecule has 3 aromatic rings. The van der Waals surface area contributed by atoms with Crippen LogP contribution in [-0.2, 0) is 25.8 Å². The highest BCUT2D eigenvalue weighted by Crippen LogP contribution is 2.44. The van der Waals surface area contributed by atoms with E-state index >= 15 is 0 Å². The lowest BCUT2D eigenvalue weighted by Crippen LogP contribution is -2.42. The highest BCUT2D eigenvalue weighted by molar-refractivity contribution is 6.23. The van der Waals surface area contributed by atoms with Crippen LogP contribution in [0.3, 0.4) is 0 Å². The Bertz CT molecular complexity index is 2750. The number of ether oxygens (including phenoxy) is 1. The van der Waals surface area contributed by atoms with E-state index in [2.05, 4.69) is 9.88 Å². The fraction of sp³-hybridized carbons (Fsp3) is 0.326. The van der Waals surface area contributed by atoms with Crippen molar-refractivity contribution in [2.24, 2.45) is 21.8 Å². The molecule has 0 saturated carbocycles. The lowest BCUT2D eigenvalue weighted by Gasteiger charge is -2.22. The van der Waals surface area contributed by atoms with Gasteiger partial charge in [-0.2, -0.15) is 0 Å². The van der Waals surface area contributed by atoms with Crippen molar-refractivity contribution in [2.75, 3.05) is 7.11 Å². The molecule has 7 rings (SSSR count). The molecule has 1 amide bonds. The minimum Gasteiger partial charge on any atom is -0.497 e. The van der Waals surface area contributed by atoms with Crippen LogP contribution in [0.25, 0.3) is 36.0 Å². The molecule has 0 unspecified atom stereocenters. The number of allylic oxidation sites excluding steroid dienone is 3. The summed E-state index contributed by atoms with van der Waals surface area (Å²) in [6, 6.07) is 5.87. The predicted octanol–water partition coefficient (Wildman–Crippen LogP) is 5.12. The van der Waals surface area contributed by atoms with Crippen molar-refractivity contribution < 1.29 is 49.1 Å². The summed E-state index contributed by atoms with van der Waals surface area (Å²) in [5.74, 6) is -6.47. The number of amides is 1. The van der Waals surface area contributed by atoms with Crippen LogP contribution in [0.4, 0.5) is 0 Å². The molecule has 316 valence electrons. The fourth-order valence-corrected chi connectivity index (χ4v) is 8.92. The molecule has 2 aromatic heterocycles. The molecule has 6 bridgehead atoms. The normalized spacial score (nSPS) is 18.2. The van der Waals surface area contributed by atoms with Crippen LogP contribution in [0.2, 0.25) is 0 Å². The van der Waals surface area contributed by atoms with E-state index in [9.17, 15) is 44.4 Å². The van der Waals surface area contributed by atoms with E-state index in [1.54, 1.807) is 14.0 Å². The molecule has 5 N–H and O–H groups in total. The van der Waals surface area contributed by atoms with Crippen LogP contribution in [-0.4, -0.2) is 83.9 Å². The van der Waals surface area contributed by atoms with Crippen LogP contribution < -0.4 is 20.8 Å². The highest BCUT2D eigenvalue weighted by atomic mass is 16.5. The minimum atomic E-state index is -1.77. The Hall–Kier alpha value is -7.03. The third-order valence-electron chi connectivity index (χ3n) is 12.1. The van der Waals surface area contributed by atoms with E-state index in [0.717, 1.165) is 50.0 Å². The molecule has 61 heavy (non-hydrogen) atoms. The SMILES string of the molecule is CCC1=C(C)C2=NC1=Cc1c(C)c(C(=O)O)c3n1Cn1c(c(C)c(/C=C/c4ccc(OC)cc4)c1=C2)=CC1=NC(=C3CC(=O)N[C@@H](CC(=O)O)C(=O)O)[C@@H](CCC(=O)O)[C@@H]1C. The highest BCUT2D eigenvalue weighted by Gasteiger charge is 2.39. The number of nitrogens with zero attached hydrogens (tertiary/aromatic N) is 4. The first-order valence-corrected chi connectivity index (χ1v) is 20.0. The average Bonchev–Trinajstić information content (AvgIpc) is 3.85. The molecule has 1 aromatic carbocycles. The molecule has 15 heteroatoms. The summed E-state index contributed by atoms with van der Waals surface area (Å²) in [7, 11) is 1.61. The van der Waals surface area contributed by atoms with Crippen molar-refractivity contribution in [3.63, 3.8) is 0 Å². The number of nitrogens with one attached hydrogen (secondary N) is 1. The topological polar surface area (TPSA) is 222 Å². The lowest BCUT2D eigenvalue weighted by atomic mass is 9.84. The van der Waals surface area contributed by atoms with Crippen molar-refractivity contribution in [1.82, 2.24) is 14.5 Å². The molecular formula is C46H47N5O10. The maximum atomic E-state index is 14.0. The van der Waals surface area contributed by atoms with E-state index in [1.165, 1.54) is 0 Å². The zero-order valence-electron chi connectivity index (χ0n) is 34.7. The fourth-order valence-electron chi connectivity index (χ4n) is 8.92. The number of carbonyl (C=O) groups is 5. The van der Waals surface area contributed by atoms with Gasteiger partial charge in [0.05, 0.1) is 53.7 Å². The zero-order chi connectivity index (χ0) is 44.0. The Morgan fingerprint density at radius 1 is 0.902 bits per heavy atom. The van der Waals surface area contributed by atoms with Crippen LogP contribution in [0.5, 0.6) is 5.75 Å². The molecule has 6 heterocycles. The lowest BCUT2D eigenvalue weighted by molar-refractivity contribution is -0.147. The third kappa shape index (κ3) is 7.78. The second-order valence-corrected chi connectivity index (χ2v) is 15.7. The molecule has 3 atom stereocenters. The van der Waals surface area contributed by atoms with Gasteiger partial charge in [0.2, 0.25) is 5.91 Å². The number of carbonyl (C=O) groups excluding carboxylic acids is 1. The molecule has 4 aliphatic heterocycles. The third-order valence-corrected chi connectivity index (χ3v) is 12.1. The molecule has 0 spiro atoms. The van der Waals surface area contributed by atoms with Crippen molar-refractivity contribution in [3.05, 3.63) is 96.7 Å². The molecule has 0 radical (unpaired) electrons. The summed E-state index contributed by atoms with van der Waals surface area (Å²) < 4.78 is 9.28. The monoisotopic (exact) mass is 829 g/mol. The Morgan fingerprint density at radius 2 is 1.62 bits per heavy atom. The van der Waals surface area contributed by atoms with Crippen LogP contribution >= 0.6 is 0 Å². The smallest absolute Gasteiger partial charge is 0.338 e. The number of aromatic carboxylic acids is 1. The zero-order valence-corrected chi connectivity index (χ0v) is 34.7. The first-order valence-electron chi connectivity index (χ1n) is 20.0. The van der Waals surface area contributed by atoms with Gasteiger partial charge in [-0.1, -0.05) is 38.1 Å². The van der Waals surface area contributed by atoms with Crippen molar-refractivity contribution in [2.45, 2.75) is 79.4 Å². The van der Waals surface area contributed by atoms with Gasteiger partial charge in [-0.15, -0.1) is 0 Å². The number of carboxylic acid groups (broad SMARTS) is 4. The van der Waals surface area contributed by atoms with Crippen molar-refractivity contribution in [3.8, 4) is 5.75 Å². The van der Waals surface area contributed by atoms with Gasteiger partial charge < -0.3 is 39.6 Å². The molecule has 0 fully saturated rings. The first kappa shape index (κ1) is 42.1. The number of aliphatic imine (C=N–C) groups is 2. The van der Waals surface area contributed by atoms with Gasteiger partial charge in [0.25, 0.3) is 0 Å². The van der Waals surface area contributed by atoms with Crippen molar-refractivity contribution >= 4 is 77.2 Å². The number of benzene rings is 1. The Balaban J connectivity index is 1.59.